The van der Waals surface area contributed by atoms with Gasteiger partial charge in [0.1, 0.15) is 22.9 Å². The first-order chi connectivity index (χ1) is 15.5. The Morgan fingerprint density at radius 3 is 2.38 bits per heavy atom. The molecule has 0 amide bonds. The first-order valence-electron chi connectivity index (χ1n) is 10.6. The van der Waals surface area contributed by atoms with E-state index in [2.05, 4.69) is 16.4 Å². The van der Waals surface area contributed by atoms with Crippen LogP contribution in [0.5, 0.6) is 11.5 Å². The van der Waals surface area contributed by atoms with Crippen LogP contribution in [0.25, 0.3) is 0 Å². The molecule has 2 heterocycles. The minimum Gasteiger partial charge on any atom is -0.497 e. The van der Waals surface area contributed by atoms with Crippen molar-refractivity contribution in [1.29, 1.82) is 0 Å². The Balaban J connectivity index is 1.89. The van der Waals surface area contributed by atoms with Gasteiger partial charge in [-0.15, -0.1) is 0 Å². The van der Waals surface area contributed by atoms with Gasteiger partial charge in [0.25, 0.3) is 0 Å². The van der Waals surface area contributed by atoms with Crippen LogP contribution in [-0.2, 0) is 16.0 Å². The summed E-state index contributed by atoms with van der Waals surface area (Å²) < 4.78 is 16.4. The van der Waals surface area contributed by atoms with Crippen molar-refractivity contribution in [3.05, 3.63) is 59.3 Å². The van der Waals surface area contributed by atoms with Gasteiger partial charge in [-0.1, -0.05) is 18.2 Å². The minimum atomic E-state index is -0.874. The van der Waals surface area contributed by atoms with Crippen molar-refractivity contribution in [3.63, 3.8) is 0 Å². The zero-order valence-electron chi connectivity index (χ0n) is 19.2. The van der Waals surface area contributed by atoms with E-state index in [1.54, 1.807) is 28.4 Å². The number of allylic oxidation sites excluding steroid dienone is 1. The highest BCUT2D eigenvalue weighted by Crippen LogP contribution is 2.43. The molecule has 1 fully saturated rings. The molecule has 1 N–H and O–H groups in total. The van der Waals surface area contributed by atoms with Gasteiger partial charge < -0.3 is 24.4 Å². The van der Waals surface area contributed by atoms with E-state index in [9.17, 15) is 4.79 Å². The summed E-state index contributed by atoms with van der Waals surface area (Å²) in [7, 11) is 6.59. The number of fused-ring (bicyclic) bond motifs is 1. The molecule has 0 unspecified atom stereocenters. The molecule has 32 heavy (non-hydrogen) atoms. The molecule has 1 saturated heterocycles. The van der Waals surface area contributed by atoms with Crippen LogP contribution in [0.4, 0.5) is 11.4 Å². The molecule has 0 spiro atoms. The summed E-state index contributed by atoms with van der Waals surface area (Å²) in [6.07, 6.45) is 1.16. The number of rotatable bonds is 6. The van der Waals surface area contributed by atoms with Crippen LogP contribution in [0.2, 0.25) is 0 Å². The molecule has 2 aromatic rings. The van der Waals surface area contributed by atoms with Crippen LogP contribution in [0, 0.1) is 0 Å². The molecular formula is C25H29N3O4. The first-order valence-corrected chi connectivity index (χ1v) is 10.6. The molecule has 2 aliphatic rings. The van der Waals surface area contributed by atoms with E-state index in [1.807, 2.05) is 48.2 Å². The lowest BCUT2D eigenvalue weighted by atomic mass is 9.90. The van der Waals surface area contributed by atoms with E-state index < -0.39 is 5.54 Å². The summed E-state index contributed by atoms with van der Waals surface area (Å²) in [4.78, 5) is 20.6. The summed E-state index contributed by atoms with van der Waals surface area (Å²) >= 11 is 0. The third kappa shape index (κ3) is 3.52. The standard InChI is InChI=1S/C25H29N3O4/c1-25(10-11-30-3)23(29)22(21-12-16-8-6-7-9-20(16)27-21)24(26-2)28(25)17-13-18(31-4)15-19(14-17)32-5/h6-9,13-15,27H,10-12H2,1-5H3/t25-/m0/s1. The molecule has 0 aliphatic carbocycles. The van der Waals surface area contributed by atoms with Crippen molar-refractivity contribution < 1.29 is 19.0 Å². The topological polar surface area (TPSA) is 72.4 Å². The quantitative estimate of drug-likeness (QED) is 0.695. The van der Waals surface area contributed by atoms with Crippen LogP contribution in [0.3, 0.4) is 0 Å². The fourth-order valence-electron chi connectivity index (χ4n) is 4.50. The molecule has 168 valence electrons. The van der Waals surface area contributed by atoms with Gasteiger partial charge in [0.2, 0.25) is 0 Å². The maximum atomic E-state index is 14.0. The van der Waals surface area contributed by atoms with Crippen molar-refractivity contribution in [2.75, 3.05) is 45.2 Å². The maximum Gasteiger partial charge on any atom is 0.194 e. The Kier molecular flexibility index (Phi) is 5.93. The Labute approximate surface area is 188 Å². The number of nitrogens with one attached hydrogen (secondary N) is 1. The van der Waals surface area contributed by atoms with Crippen molar-refractivity contribution in [3.8, 4) is 11.5 Å². The van der Waals surface area contributed by atoms with Crippen LogP contribution >= 0.6 is 0 Å². The maximum absolute atomic E-state index is 14.0. The predicted molar refractivity (Wildman–Crippen MR) is 126 cm³/mol. The molecule has 0 saturated carbocycles. The average Bonchev–Trinajstić information content (AvgIpc) is 3.33. The third-order valence-corrected chi connectivity index (χ3v) is 6.22. The smallest absolute Gasteiger partial charge is 0.194 e. The zero-order chi connectivity index (χ0) is 22.9. The summed E-state index contributed by atoms with van der Waals surface area (Å²) in [6.45, 7) is 2.38. The van der Waals surface area contributed by atoms with Crippen molar-refractivity contribution >= 4 is 23.0 Å². The second-order valence-electron chi connectivity index (χ2n) is 8.11. The number of amidine groups is 1. The SMILES string of the molecule is CN=C1C(=C2Cc3ccccc3N2)C(=O)[C@](C)(CCOC)N1c1cc(OC)cc(OC)c1. The summed E-state index contributed by atoms with van der Waals surface area (Å²) in [5.41, 5.74) is 3.58. The summed E-state index contributed by atoms with van der Waals surface area (Å²) in [5, 5.41) is 3.45. The zero-order valence-corrected chi connectivity index (χ0v) is 19.2. The normalized spacial score (nSPS) is 23.5. The lowest BCUT2D eigenvalue weighted by Crippen LogP contribution is -2.48. The number of carbonyl (C=O) groups excluding carboxylic acids is 1. The number of para-hydroxylation sites is 1. The highest BCUT2D eigenvalue weighted by atomic mass is 16.5. The van der Waals surface area contributed by atoms with Crippen LogP contribution in [-0.4, -0.2) is 52.1 Å². The van der Waals surface area contributed by atoms with E-state index >= 15 is 0 Å². The van der Waals surface area contributed by atoms with Crippen molar-refractivity contribution in [2.45, 2.75) is 25.3 Å². The van der Waals surface area contributed by atoms with Crippen LogP contribution in [0.1, 0.15) is 18.9 Å². The van der Waals surface area contributed by atoms with Gasteiger partial charge in [-0.2, -0.15) is 0 Å². The van der Waals surface area contributed by atoms with Gasteiger partial charge in [-0.3, -0.25) is 9.79 Å². The molecular weight excluding hydrogens is 406 g/mol. The average molecular weight is 436 g/mol. The van der Waals surface area contributed by atoms with E-state index in [1.165, 1.54) is 5.56 Å². The number of methoxy groups -OCH3 is 3. The number of ether oxygens (including phenoxy) is 3. The number of benzene rings is 2. The largest absolute Gasteiger partial charge is 0.497 e. The summed E-state index contributed by atoms with van der Waals surface area (Å²) in [5.74, 6) is 1.93. The van der Waals surface area contributed by atoms with Crippen molar-refractivity contribution in [1.82, 2.24) is 0 Å². The number of nitrogens with zero attached hydrogens (tertiary/aromatic N) is 2. The van der Waals surface area contributed by atoms with Crippen LogP contribution < -0.4 is 19.7 Å². The molecule has 2 aliphatic heterocycles. The molecule has 2 aromatic carbocycles. The van der Waals surface area contributed by atoms with Gasteiger partial charge >= 0.3 is 0 Å². The monoisotopic (exact) mass is 435 g/mol. The van der Waals surface area contributed by atoms with E-state index in [0.717, 1.165) is 17.1 Å². The number of carbonyl (C=O) groups is 1. The second-order valence-corrected chi connectivity index (χ2v) is 8.11. The number of ketones is 1. The number of hydrogen-bond acceptors (Lipinski definition) is 6. The third-order valence-electron chi connectivity index (χ3n) is 6.22. The number of anilines is 2. The van der Waals surface area contributed by atoms with Gasteiger partial charge in [0, 0.05) is 63.2 Å². The lowest BCUT2D eigenvalue weighted by molar-refractivity contribution is -0.119. The summed E-state index contributed by atoms with van der Waals surface area (Å²) in [6, 6.07) is 13.7. The Hall–Kier alpha value is -3.32. The Morgan fingerprint density at radius 2 is 1.78 bits per heavy atom. The van der Waals surface area contributed by atoms with Gasteiger partial charge in [-0.25, -0.2) is 0 Å². The Bertz CT molecular complexity index is 1060. The van der Waals surface area contributed by atoms with Gasteiger partial charge in [0.05, 0.1) is 25.5 Å². The van der Waals surface area contributed by atoms with E-state index in [-0.39, 0.29) is 5.78 Å². The van der Waals surface area contributed by atoms with Crippen molar-refractivity contribution in [2.24, 2.45) is 4.99 Å². The fourth-order valence-corrected chi connectivity index (χ4v) is 4.50. The molecule has 0 bridgehead atoms. The van der Waals surface area contributed by atoms with Crippen LogP contribution in [0.15, 0.2) is 58.7 Å². The molecule has 1 atom stereocenters. The Morgan fingerprint density at radius 1 is 1.09 bits per heavy atom. The van der Waals surface area contributed by atoms with Gasteiger partial charge in [-0.05, 0) is 18.6 Å². The minimum absolute atomic E-state index is 0.0206. The first kappa shape index (κ1) is 21.9. The second kappa shape index (κ2) is 8.67. The number of aliphatic imine (C=N–C) groups is 1. The molecule has 7 nitrogen and oxygen atoms in total. The highest BCUT2D eigenvalue weighted by molar-refractivity contribution is 6.37. The molecule has 0 aromatic heterocycles. The number of Topliss-reactive ketones (excluding diaryl/α,β-unsaturated/α-hetero) is 1. The van der Waals surface area contributed by atoms with E-state index in [4.69, 9.17) is 14.2 Å². The van der Waals surface area contributed by atoms with Gasteiger partial charge in [0.15, 0.2) is 5.78 Å². The fraction of sp³-hybridized carbons (Fsp3) is 0.360. The molecule has 4 rings (SSSR count). The molecule has 7 heteroatoms. The number of hydrogen-bond donors (Lipinski definition) is 1. The van der Waals surface area contributed by atoms with E-state index in [0.29, 0.717) is 42.4 Å². The highest BCUT2D eigenvalue weighted by Gasteiger charge is 2.53. The lowest BCUT2D eigenvalue weighted by Gasteiger charge is -2.35. The predicted octanol–water partition coefficient (Wildman–Crippen LogP) is 3.84. The molecule has 0 radical (unpaired) electrons.